The molecule has 2 heterocycles. The molecule has 1 saturated heterocycles. The van der Waals surface area contributed by atoms with E-state index in [2.05, 4.69) is 58.9 Å². The van der Waals surface area contributed by atoms with Gasteiger partial charge in [-0.3, -0.25) is 9.58 Å². The molecular weight excluding hydrogens is 298 g/mol. The van der Waals surface area contributed by atoms with E-state index < -0.39 is 0 Å². The van der Waals surface area contributed by atoms with Crippen molar-refractivity contribution in [1.29, 1.82) is 0 Å². The van der Waals surface area contributed by atoms with Gasteiger partial charge in [0.1, 0.15) is 0 Å². The minimum atomic E-state index is 0.338. The highest BCUT2D eigenvalue weighted by molar-refractivity contribution is 5.16. The quantitative estimate of drug-likeness (QED) is 0.780. The fourth-order valence-corrected chi connectivity index (χ4v) is 3.39. The van der Waals surface area contributed by atoms with E-state index in [9.17, 15) is 0 Å². The van der Waals surface area contributed by atoms with Gasteiger partial charge in [-0.15, -0.1) is 0 Å². The van der Waals surface area contributed by atoms with Crippen LogP contribution in [0, 0.1) is 6.92 Å². The third-order valence-electron chi connectivity index (χ3n) is 4.85. The Hall–Kier alpha value is -1.65. The van der Waals surface area contributed by atoms with Gasteiger partial charge in [0.25, 0.3) is 0 Å². The number of benzene rings is 1. The zero-order valence-corrected chi connectivity index (χ0v) is 14.9. The first-order chi connectivity index (χ1) is 11.8. The molecule has 0 bridgehead atoms. The maximum atomic E-state index is 5.98. The van der Waals surface area contributed by atoms with Crippen LogP contribution in [0.3, 0.4) is 0 Å². The van der Waals surface area contributed by atoms with E-state index in [4.69, 9.17) is 4.74 Å². The van der Waals surface area contributed by atoms with Crippen LogP contribution in [0.1, 0.15) is 36.6 Å². The van der Waals surface area contributed by atoms with Crippen molar-refractivity contribution in [1.82, 2.24) is 14.7 Å². The van der Waals surface area contributed by atoms with Crippen molar-refractivity contribution < 1.29 is 4.74 Å². The monoisotopic (exact) mass is 327 g/mol. The van der Waals surface area contributed by atoms with Crippen LogP contribution in [-0.4, -0.2) is 40.5 Å². The number of ether oxygens (including phenoxy) is 1. The minimum Gasteiger partial charge on any atom is -0.376 e. The molecule has 1 aromatic heterocycles. The first kappa shape index (κ1) is 17.2. The number of nitrogens with zero attached hydrogens (tertiary/aromatic N) is 3. The van der Waals surface area contributed by atoms with E-state index in [1.165, 1.54) is 16.8 Å². The zero-order valence-electron chi connectivity index (χ0n) is 14.9. The maximum absolute atomic E-state index is 5.98. The molecule has 0 aliphatic carbocycles. The molecule has 0 amide bonds. The predicted molar refractivity (Wildman–Crippen MR) is 97.0 cm³/mol. The summed E-state index contributed by atoms with van der Waals surface area (Å²) in [5, 5.41) is 4.52. The molecule has 130 valence electrons. The summed E-state index contributed by atoms with van der Waals surface area (Å²) in [7, 11) is 0. The highest BCUT2D eigenvalue weighted by Crippen LogP contribution is 2.17. The summed E-state index contributed by atoms with van der Waals surface area (Å²) >= 11 is 0. The highest BCUT2D eigenvalue weighted by Gasteiger charge is 2.21. The fraction of sp³-hybridized carbons (Fsp3) is 0.550. The van der Waals surface area contributed by atoms with E-state index in [0.29, 0.717) is 6.10 Å². The third-order valence-corrected chi connectivity index (χ3v) is 4.85. The second-order valence-electron chi connectivity index (χ2n) is 6.73. The lowest BCUT2D eigenvalue weighted by Crippen LogP contribution is -2.42. The minimum absolute atomic E-state index is 0.338. The SMILES string of the molecule is CCCn1ncc(CN2CCO[C@H](CCc3ccccc3)C2)c1C. The lowest BCUT2D eigenvalue weighted by Gasteiger charge is -2.33. The molecule has 3 rings (SSSR count). The summed E-state index contributed by atoms with van der Waals surface area (Å²) in [6.45, 7) is 9.24. The normalized spacial score (nSPS) is 18.8. The van der Waals surface area contributed by atoms with Gasteiger partial charge in [0.05, 0.1) is 18.9 Å². The number of aromatic nitrogens is 2. The van der Waals surface area contributed by atoms with Crippen molar-refractivity contribution in [3.8, 4) is 0 Å². The molecule has 1 aliphatic heterocycles. The molecule has 0 radical (unpaired) electrons. The summed E-state index contributed by atoms with van der Waals surface area (Å²) < 4.78 is 8.11. The Kier molecular flexibility index (Phi) is 6.05. The smallest absolute Gasteiger partial charge is 0.0705 e. The Morgan fingerprint density at radius 1 is 1.25 bits per heavy atom. The van der Waals surface area contributed by atoms with Gasteiger partial charge in [-0.2, -0.15) is 5.10 Å². The van der Waals surface area contributed by atoms with Crippen LogP contribution in [0.15, 0.2) is 36.5 Å². The number of rotatable bonds is 7. The Balaban J connectivity index is 1.52. The van der Waals surface area contributed by atoms with Gasteiger partial charge in [-0.1, -0.05) is 37.3 Å². The van der Waals surface area contributed by atoms with Crippen molar-refractivity contribution in [2.75, 3.05) is 19.7 Å². The number of hydrogen-bond donors (Lipinski definition) is 0. The van der Waals surface area contributed by atoms with E-state index in [1.807, 2.05) is 6.20 Å². The molecule has 1 fully saturated rings. The average molecular weight is 327 g/mol. The zero-order chi connectivity index (χ0) is 16.8. The Morgan fingerprint density at radius 2 is 2.08 bits per heavy atom. The van der Waals surface area contributed by atoms with Gasteiger partial charge < -0.3 is 4.74 Å². The van der Waals surface area contributed by atoms with Crippen LogP contribution >= 0.6 is 0 Å². The van der Waals surface area contributed by atoms with Crippen molar-refractivity contribution in [3.05, 3.63) is 53.3 Å². The van der Waals surface area contributed by atoms with Gasteiger partial charge in [0, 0.05) is 37.4 Å². The first-order valence-corrected chi connectivity index (χ1v) is 9.15. The molecule has 0 spiro atoms. The van der Waals surface area contributed by atoms with Crippen LogP contribution < -0.4 is 0 Å². The molecule has 1 aromatic carbocycles. The van der Waals surface area contributed by atoms with Gasteiger partial charge in [-0.05, 0) is 31.7 Å². The Bertz CT molecular complexity index is 623. The molecule has 2 aromatic rings. The van der Waals surface area contributed by atoms with E-state index in [1.54, 1.807) is 0 Å². The van der Waals surface area contributed by atoms with Crippen LogP contribution in [0.5, 0.6) is 0 Å². The third kappa shape index (κ3) is 4.46. The highest BCUT2D eigenvalue weighted by atomic mass is 16.5. The largest absolute Gasteiger partial charge is 0.376 e. The van der Waals surface area contributed by atoms with Crippen molar-refractivity contribution in [2.24, 2.45) is 0 Å². The fourth-order valence-electron chi connectivity index (χ4n) is 3.39. The topological polar surface area (TPSA) is 30.3 Å². The summed E-state index contributed by atoms with van der Waals surface area (Å²) in [4.78, 5) is 2.51. The van der Waals surface area contributed by atoms with Gasteiger partial charge in [0.15, 0.2) is 0 Å². The lowest BCUT2D eigenvalue weighted by atomic mass is 10.1. The lowest BCUT2D eigenvalue weighted by molar-refractivity contribution is -0.0346. The number of aryl methyl sites for hydroxylation is 2. The maximum Gasteiger partial charge on any atom is 0.0705 e. The summed E-state index contributed by atoms with van der Waals surface area (Å²) in [5.74, 6) is 0. The molecule has 0 N–H and O–H groups in total. The van der Waals surface area contributed by atoms with Gasteiger partial charge in [0.2, 0.25) is 0 Å². The van der Waals surface area contributed by atoms with Crippen LogP contribution in [0.4, 0.5) is 0 Å². The molecule has 0 saturated carbocycles. The molecule has 4 nitrogen and oxygen atoms in total. The summed E-state index contributed by atoms with van der Waals surface area (Å²) in [6.07, 6.45) is 5.69. The van der Waals surface area contributed by atoms with Crippen LogP contribution in [0.2, 0.25) is 0 Å². The molecule has 24 heavy (non-hydrogen) atoms. The second-order valence-corrected chi connectivity index (χ2v) is 6.73. The van der Waals surface area contributed by atoms with Crippen molar-refractivity contribution in [3.63, 3.8) is 0 Å². The average Bonchev–Trinajstić information content (AvgIpc) is 2.95. The van der Waals surface area contributed by atoms with E-state index in [0.717, 1.165) is 52.0 Å². The second kappa shape index (κ2) is 8.45. The van der Waals surface area contributed by atoms with Crippen LogP contribution in [-0.2, 0) is 24.2 Å². The summed E-state index contributed by atoms with van der Waals surface area (Å²) in [6, 6.07) is 10.7. The van der Waals surface area contributed by atoms with E-state index in [-0.39, 0.29) is 0 Å². The van der Waals surface area contributed by atoms with Crippen molar-refractivity contribution in [2.45, 2.75) is 52.3 Å². The molecule has 1 atom stereocenters. The molecule has 0 unspecified atom stereocenters. The Labute approximate surface area is 145 Å². The van der Waals surface area contributed by atoms with Crippen LogP contribution in [0.25, 0.3) is 0 Å². The molecule has 1 aliphatic rings. The van der Waals surface area contributed by atoms with Gasteiger partial charge in [-0.25, -0.2) is 0 Å². The molecule has 4 heteroatoms. The van der Waals surface area contributed by atoms with E-state index >= 15 is 0 Å². The van der Waals surface area contributed by atoms with Gasteiger partial charge >= 0.3 is 0 Å². The predicted octanol–water partition coefficient (Wildman–Crippen LogP) is 3.44. The summed E-state index contributed by atoms with van der Waals surface area (Å²) in [5.41, 5.74) is 4.06. The number of morpholine rings is 1. The van der Waals surface area contributed by atoms with Crippen molar-refractivity contribution >= 4 is 0 Å². The number of hydrogen-bond acceptors (Lipinski definition) is 3. The Morgan fingerprint density at radius 3 is 2.88 bits per heavy atom. The first-order valence-electron chi connectivity index (χ1n) is 9.15. The standard InChI is InChI=1S/C20H29N3O/c1-3-11-23-17(2)19(14-21-23)15-22-12-13-24-20(16-22)10-9-18-7-5-4-6-8-18/h4-8,14,20H,3,9-13,15-16H2,1-2H3/t20-/m1/s1. The molecular formula is C20H29N3O.